The van der Waals surface area contributed by atoms with Gasteiger partial charge in [0, 0.05) is 6.61 Å². The Bertz CT molecular complexity index is 232. The summed E-state index contributed by atoms with van der Waals surface area (Å²) in [5, 5.41) is 7.57. The summed E-state index contributed by atoms with van der Waals surface area (Å²) in [4.78, 5) is 0. The molecule has 3 heteroatoms. The maximum atomic E-state index is 7.57. The van der Waals surface area contributed by atoms with Crippen molar-refractivity contribution in [2.24, 2.45) is 0 Å². The number of hydrogen-bond donors (Lipinski definition) is 1. The molecule has 0 bridgehead atoms. The van der Waals surface area contributed by atoms with Crippen LogP contribution in [0.5, 0.6) is 5.75 Å². The second kappa shape index (κ2) is 10.8. The molecule has 0 heterocycles. The van der Waals surface area contributed by atoms with Crippen molar-refractivity contribution in [3.05, 3.63) is 36.4 Å². The first kappa shape index (κ1) is 16.2. The van der Waals surface area contributed by atoms with E-state index < -0.39 is 0 Å². The molecule has 1 aromatic rings. The number of benzene rings is 1. The number of methoxy groups -OCH3 is 1. The molecule has 1 aromatic carbocycles. The molecule has 0 aliphatic carbocycles. The molecule has 0 fully saturated rings. The van der Waals surface area contributed by atoms with Gasteiger partial charge in [-0.3, -0.25) is 0 Å². The Morgan fingerprint density at radius 3 is 2.07 bits per heavy atom. The van der Waals surface area contributed by atoms with Gasteiger partial charge in [0.1, 0.15) is 5.75 Å². The fourth-order valence-electron chi connectivity index (χ4n) is 0.740. The van der Waals surface area contributed by atoms with E-state index in [0.717, 1.165) is 11.3 Å². The first-order chi connectivity index (χ1) is 6.28. The number of ether oxygens (including phenoxy) is 1. The summed E-state index contributed by atoms with van der Waals surface area (Å²) in [5.41, 5.74) is 1.11. The third-order valence-electron chi connectivity index (χ3n) is 1.35. The van der Waals surface area contributed by atoms with Crippen molar-refractivity contribution < 1.29 is 9.84 Å². The molecule has 0 saturated carbocycles. The van der Waals surface area contributed by atoms with E-state index in [2.05, 4.69) is 6.58 Å². The van der Waals surface area contributed by atoms with E-state index in [1.165, 1.54) is 0 Å². The number of hydrogen-bond acceptors (Lipinski definition) is 2. The van der Waals surface area contributed by atoms with Crippen LogP contribution in [-0.2, 0) is 0 Å². The minimum atomic E-state index is 0. The van der Waals surface area contributed by atoms with Crippen molar-refractivity contribution >= 4 is 35.6 Å². The van der Waals surface area contributed by atoms with Crippen LogP contribution in [0.4, 0.5) is 0 Å². The molecule has 74 valence electrons. The summed E-state index contributed by atoms with van der Waals surface area (Å²) in [6, 6.07) is 7.76. The molecular formula is C11H17NaO2. The van der Waals surface area contributed by atoms with Crippen LogP contribution in [-0.4, -0.2) is 48.4 Å². The van der Waals surface area contributed by atoms with Crippen molar-refractivity contribution in [1.82, 2.24) is 0 Å². The summed E-state index contributed by atoms with van der Waals surface area (Å²) in [6.07, 6.45) is 1.80. The second-order valence-corrected chi connectivity index (χ2v) is 2.29. The van der Waals surface area contributed by atoms with Gasteiger partial charge in [-0.2, -0.15) is 0 Å². The number of rotatable bonds is 2. The maximum absolute atomic E-state index is 7.57. The Labute approximate surface area is 108 Å². The summed E-state index contributed by atoms with van der Waals surface area (Å²) < 4.78 is 4.98. The van der Waals surface area contributed by atoms with Crippen molar-refractivity contribution in [2.75, 3.05) is 13.7 Å². The zero-order valence-corrected chi connectivity index (χ0v) is 8.16. The standard InChI is InChI=1S/C9H10O.C2H6O.Na.H/c1-3-8-4-6-9(10-2)7-5-8;1-2-3;;/h3-7H,1H2,2H3;3H,2H2,1H3;;. The van der Waals surface area contributed by atoms with Crippen LogP contribution < -0.4 is 4.74 Å². The fraction of sp³-hybridized carbons (Fsp3) is 0.273. The van der Waals surface area contributed by atoms with Gasteiger partial charge >= 0.3 is 29.6 Å². The zero-order valence-electron chi connectivity index (χ0n) is 8.16. The van der Waals surface area contributed by atoms with Gasteiger partial charge in [0.15, 0.2) is 0 Å². The quantitative estimate of drug-likeness (QED) is 0.743. The van der Waals surface area contributed by atoms with Crippen molar-refractivity contribution in [3.63, 3.8) is 0 Å². The molecule has 0 radical (unpaired) electrons. The molecule has 2 nitrogen and oxygen atoms in total. The van der Waals surface area contributed by atoms with Crippen LogP contribution in [0.1, 0.15) is 12.5 Å². The van der Waals surface area contributed by atoms with E-state index in [0.29, 0.717) is 0 Å². The molecular weight excluding hydrogens is 187 g/mol. The second-order valence-electron chi connectivity index (χ2n) is 2.29. The van der Waals surface area contributed by atoms with Crippen LogP contribution in [0.15, 0.2) is 30.8 Å². The Morgan fingerprint density at radius 2 is 1.79 bits per heavy atom. The van der Waals surface area contributed by atoms with Crippen LogP contribution in [0.25, 0.3) is 6.08 Å². The van der Waals surface area contributed by atoms with Crippen LogP contribution in [0, 0.1) is 0 Å². The van der Waals surface area contributed by atoms with Crippen molar-refractivity contribution in [1.29, 1.82) is 0 Å². The summed E-state index contributed by atoms with van der Waals surface area (Å²) in [7, 11) is 1.66. The van der Waals surface area contributed by atoms with Gasteiger partial charge in [0.25, 0.3) is 0 Å². The van der Waals surface area contributed by atoms with E-state index >= 15 is 0 Å². The SMILES string of the molecule is C=Cc1ccc(OC)cc1.CCO.[NaH]. The third kappa shape index (κ3) is 7.15. The van der Waals surface area contributed by atoms with Gasteiger partial charge in [-0.15, -0.1) is 0 Å². The van der Waals surface area contributed by atoms with Gasteiger partial charge in [0.2, 0.25) is 0 Å². The van der Waals surface area contributed by atoms with E-state index in [1.54, 1.807) is 20.1 Å². The van der Waals surface area contributed by atoms with Gasteiger partial charge in [-0.25, -0.2) is 0 Å². The summed E-state index contributed by atoms with van der Waals surface area (Å²) in [5.74, 6) is 0.880. The summed E-state index contributed by atoms with van der Waals surface area (Å²) >= 11 is 0. The van der Waals surface area contributed by atoms with E-state index in [9.17, 15) is 0 Å². The molecule has 0 aliphatic heterocycles. The van der Waals surface area contributed by atoms with Crippen LogP contribution in [0.3, 0.4) is 0 Å². The Morgan fingerprint density at radius 1 is 1.36 bits per heavy atom. The molecule has 0 amide bonds. The monoisotopic (exact) mass is 204 g/mol. The molecule has 14 heavy (non-hydrogen) atoms. The van der Waals surface area contributed by atoms with Crippen molar-refractivity contribution in [3.8, 4) is 5.75 Å². The van der Waals surface area contributed by atoms with E-state index in [4.69, 9.17) is 9.84 Å². The molecule has 0 saturated heterocycles. The van der Waals surface area contributed by atoms with Gasteiger partial charge < -0.3 is 9.84 Å². The molecule has 0 unspecified atom stereocenters. The molecule has 0 spiro atoms. The van der Waals surface area contributed by atoms with E-state index in [-0.39, 0.29) is 36.2 Å². The zero-order chi connectivity index (χ0) is 10.1. The number of aliphatic hydroxyl groups excluding tert-OH is 1. The molecule has 1 rings (SSSR count). The molecule has 0 aliphatic rings. The Kier molecular flexibility index (Phi) is 12.5. The Balaban J connectivity index is 0. The van der Waals surface area contributed by atoms with Gasteiger partial charge in [-0.1, -0.05) is 24.8 Å². The topological polar surface area (TPSA) is 29.5 Å². The fourth-order valence-corrected chi connectivity index (χ4v) is 0.740. The molecule has 0 aromatic heterocycles. The predicted molar refractivity (Wildman–Crippen MR) is 63.0 cm³/mol. The first-order valence-corrected chi connectivity index (χ1v) is 4.15. The third-order valence-corrected chi connectivity index (χ3v) is 1.35. The van der Waals surface area contributed by atoms with Gasteiger partial charge in [0.05, 0.1) is 7.11 Å². The normalized spacial score (nSPS) is 7.64. The van der Waals surface area contributed by atoms with Crippen LogP contribution in [0.2, 0.25) is 0 Å². The van der Waals surface area contributed by atoms with Crippen molar-refractivity contribution in [2.45, 2.75) is 6.92 Å². The average Bonchev–Trinajstić information content (AvgIpc) is 2.19. The average molecular weight is 204 g/mol. The number of aliphatic hydroxyl groups is 1. The van der Waals surface area contributed by atoms with Gasteiger partial charge in [-0.05, 0) is 24.6 Å². The predicted octanol–water partition coefficient (Wildman–Crippen LogP) is 1.69. The first-order valence-electron chi connectivity index (χ1n) is 4.15. The van der Waals surface area contributed by atoms with E-state index in [1.807, 2.05) is 24.3 Å². The Hall–Kier alpha value is -0.280. The summed E-state index contributed by atoms with van der Waals surface area (Å²) in [6.45, 7) is 5.58. The van der Waals surface area contributed by atoms with Crippen LogP contribution >= 0.6 is 0 Å². The molecule has 1 N–H and O–H groups in total. The molecule has 0 atom stereocenters. The minimum absolute atomic E-state index is 0.